The van der Waals surface area contributed by atoms with Crippen LogP contribution in [-0.4, -0.2) is 19.3 Å². The minimum atomic E-state index is -0.979. The monoisotopic (exact) mass is 224 g/mol. The first-order valence-electron chi connectivity index (χ1n) is 6.30. The van der Waals surface area contributed by atoms with Gasteiger partial charge in [-0.05, 0) is 48.3 Å². The van der Waals surface area contributed by atoms with Gasteiger partial charge in [0, 0.05) is 5.41 Å². The lowest BCUT2D eigenvalue weighted by Gasteiger charge is -2.95. The Morgan fingerprint density at radius 3 is 2.75 bits per heavy atom. The number of halogens is 1. The molecule has 2 nitrogen and oxygen atoms in total. The van der Waals surface area contributed by atoms with E-state index in [9.17, 15) is 9.18 Å². The van der Waals surface area contributed by atoms with Crippen molar-refractivity contribution in [3.63, 3.8) is 0 Å². The maximum absolute atomic E-state index is 12.1. The quantitative estimate of drug-likeness (QED) is 0.688. The van der Waals surface area contributed by atoms with Crippen LogP contribution in [0.4, 0.5) is 4.39 Å². The maximum atomic E-state index is 12.1. The fraction of sp³-hybridized carbons (Fsp3) is 0.923. The SMILES string of the molecule is CC12CC3CC4CC(COC(=O)CF)(C1)C342. The lowest BCUT2D eigenvalue weighted by molar-refractivity contribution is -0.479. The number of hydrogen-bond donors (Lipinski definition) is 0. The van der Waals surface area contributed by atoms with Crippen LogP contribution < -0.4 is 0 Å². The zero-order valence-electron chi connectivity index (χ0n) is 9.59. The van der Waals surface area contributed by atoms with Crippen LogP contribution in [0.15, 0.2) is 0 Å². The summed E-state index contributed by atoms with van der Waals surface area (Å²) in [5.74, 6) is 1.11. The van der Waals surface area contributed by atoms with Crippen molar-refractivity contribution < 1.29 is 13.9 Å². The Kier molecular flexibility index (Phi) is 1.37. The van der Waals surface area contributed by atoms with Crippen molar-refractivity contribution in [2.24, 2.45) is 28.1 Å². The summed E-state index contributed by atoms with van der Waals surface area (Å²) in [7, 11) is 0. The third-order valence-electron chi connectivity index (χ3n) is 6.41. The first kappa shape index (κ1) is 9.43. The largest absolute Gasteiger partial charge is 0.463 e. The van der Waals surface area contributed by atoms with Crippen molar-refractivity contribution in [3.8, 4) is 0 Å². The highest BCUT2D eigenvalue weighted by molar-refractivity contribution is 5.70. The van der Waals surface area contributed by atoms with Crippen LogP contribution in [0.5, 0.6) is 0 Å². The molecular weight excluding hydrogens is 207 g/mol. The van der Waals surface area contributed by atoms with Gasteiger partial charge >= 0.3 is 5.97 Å². The molecule has 1 spiro atoms. The van der Waals surface area contributed by atoms with E-state index in [2.05, 4.69) is 6.92 Å². The maximum Gasteiger partial charge on any atom is 0.337 e. The Balaban J connectivity index is 1.52. The summed E-state index contributed by atoms with van der Waals surface area (Å²) in [6.45, 7) is 1.90. The molecule has 16 heavy (non-hydrogen) atoms. The van der Waals surface area contributed by atoms with Gasteiger partial charge in [-0.1, -0.05) is 6.92 Å². The fourth-order valence-electron chi connectivity index (χ4n) is 6.52. The number of esters is 1. The zero-order chi connectivity index (χ0) is 11.2. The van der Waals surface area contributed by atoms with Crippen LogP contribution in [0.25, 0.3) is 0 Å². The Morgan fingerprint density at radius 1 is 1.44 bits per heavy atom. The zero-order valence-corrected chi connectivity index (χ0v) is 9.59. The molecule has 0 aromatic carbocycles. The molecule has 0 heterocycles. The van der Waals surface area contributed by atoms with Gasteiger partial charge in [-0.25, -0.2) is 9.18 Å². The first-order valence-corrected chi connectivity index (χ1v) is 6.30. The van der Waals surface area contributed by atoms with E-state index in [0.29, 0.717) is 17.4 Å². The summed E-state index contributed by atoms with van der Waals surface area (Å²) < 4.78 is 17.1. The molecule has 4 rings (SSSR count). The number of carbonyl (C=O) groups excluding carboxylic acids is 1. The molecule has 0 N–H and O–H groups in total. The van der Waals surface area contributed by atoms with Gasteiger partial charge in [0.25, 0.3) is 0 Å². The molecule has 0 radical (unpaired) electrons. The second-order valence-electron chi connectivity index (χ2n) is 6.72. The number of hydrogen-bond acceptors (Lipinski definition) is 2. The Labute approximate surface area is 94.5 Å². The minimum absolute atomic E-state index is 0.262. The van der Waals surface area contributed by atoms with Crippen molar-refractivity contribution >= 4 is 5.97 Å². The van der Waals surface area contributed by atoms with E-state index >= 15 is 0 Å². The van der Waals surface area contributed by atoms with Gasteiger partial charge in [0.15, 0.2) is 6.67 Å². The van der Waals surface area contributed by atoms with Crippen molar-refractivity contribution in [1.82, 2.24) is 0 Å². The number of ether oxygens (including phenoxy) is 1. The van der Waals surface area contributed by atoms with Crippen molar-refractivity contribution in [1.29, 1.82) is 0 Å². The van der Waals surface area contributed by atoms with E-state index < -0.39 is 12.6 Å². The summed E-state index contributed by atoms with van der Waals surface area (Å²) in [6.07, 6.45) is 5.20. The number of carbonyl (C=O) groups is 1. The molecule has 4 aliphatic rings. The van der Waals surface area contributed by atoms with Crippen LogP contribution in [0, 0.1) is 28.1 Å². The molecule has 88 valence electrons. The van der Waals surface area contributed by atoms with E-state index in [1.54, 1.807) is 0 Å². The number of rotatable bonds is 3. The fourth-order valence-corrected chi connectivity index (χ4v) is 6.52. The molecule has 0 saturated heterocycles. The molecule has 5 atom stereocenters. The normalized spacial score (nSPS) is 59.1. The highest BCUT2D eigenvalue weighted by Crippen LogP contribution is 2.97. The molecule has 0 aromatic heterocycles. The smallest absolute Gasteiger partial charge is 0.337 e. The lowest BCUT2D eigenvalue weighted by atomic mass is 9.09. The molecule has 0 aromatic rings. The summed E-state index contributed by atoms with van der Waals surface area (Å²) >= 11 is 0. The van der Waals surface area contributed by atoms with Crippen LogP contribution in [0.3, 0.4) is 0 Å². The molecule has 0 bridgehead atoms. The van der Waals surface area contributed by atoms with E-state index in [0.717, 1.165) is 11.8 Å². The van der Waals surface area contributed by atoms with Gasteiger partial charge in [0.1, 0.15) is 0 Å². The second kappa shape index (κ2) is 2.32. The Morgan fingerprint density at radius 2 is 2.19 bits per heavy atom. The van der Waals surface area contributed by atoms with E-state index in [1.165, 1.54) is 25.7 Å². The van der Waals surface area contributed by atoms with Gasteiger partial charge in [-0.2, -0.15) is 0 Å². The molecule has 0 amide bonds. The predicted octanol–water partition coefficient (Wildman–Crippen LogP) is 2.33. The highest BCUT2D eigenvalue weighted by Gasteiger charge is 2.92. The molecule has 4 fully saturated rings. The molecule has 3 heteroatoms. The van der Waals surface area contributed by atoms with Gasteiger partial charge in [-0.15, -0.1) is 0 Å². The standard InChI is InChI=1S/C13H17FO2/c1-11-3-8-2-9-4-12(6-11,13(8,9)11)7-16-10(15)5-14/h8-9H,2-7H2,1H3. The van der Waals surface area contributed by atoms with E-state index in [4.69, 9.17) is 4.74 Å². The lowest BCUT2D eigenvalue weighted by Crippen LogP contribution is -2.90. The van der Waals surface area contributed by atoms with Gasteiger partial charge in [0.2, 0.25) is 0 Å². The summed E-state index contributed by atoms with van der Waals surface area (Å²) in [6, 6.07) is 0. The van der Waals surface area contributed by atoms with Crippen molar-refractivity contribution in [2.75, 3.05) is 13.3 Å². The second-order valence-corrected chi connectivity index (χ2v) is 6.72. The highest BCUT2D eigenvalue weighted by atomic mass is 19.1. The molecule has 0 aliphatic heterocycles. The minimum Gasteiger partial charge on any atom is -0.463 e. The van der Waals surface area contributed by atoms with E-state index in [1.807, 2.05) is 0 Å². The summed E-state index contributed by atoms with van der Waals surface area (Å²) in [4.78, 5) is 10.9. The Hall–Kier alpha value is -0.600. The summed E-state index contributed by atoms with van der Waals surface area (Å²) in [5.41, 5.74) is 1.33. The van der Waals surface area contributed by atoms with Crippen molar-refractivity contribution in [3.05, 3.63) is 0 Å². The topological polar surface area (TPSA) is 26.3 Å². The van der Waals surface area contributed by atoms with Gasteiger partial charge < -0.3 is 4.74 Å². The molecular formula is C13H17FO2. The van der Waals surface area contributed by atoms with E-state index in [-0.39, 0.29) is 5.41 Å². The first-order chi connectivity index (χ1) is 7.58. The van der Waals surface area contributed by atoms with Crippen LogP contribution >= 0.6 is 0 Å². The Bertz CT molecular complexity index is 389. The van der Waals surface area contributed by atoms with Crippen LogP contribution in [0.1, 0.15) is 32.6 Å². The molecule has 5 unspecified atom stereocenters. The van der Waals surface area contributed by atoms with Crippen molar-refractivity contribution in [2.45, 2.75) is 32.6 Å². The molecule has 4 aliphatic carbocycles. The average molecular weight is 224 g/mol. The van der Waals surface area contributed by atoms with Crippen LogP contribution in [-0.2, 0) is 9.53 Å². The predicted molar refractivity (Wildman–Crippen MR) is 55.4 cm³/mol. The third-order valence-corrected chi connectivity index (χ3v) is 6.41. The molecule has 4 saturated carbocycles. The summed E-state index contributed by atoms with van der Waals surface area (Å²) in [5, 5.41) is 0. The van der Waals surface area contributed by atoms with Crippen LogP contribution in [0.2, 0.25) is 0 Å². The number of alkyl halides is 1. The van der Waals surface area contributed by atoms with Gasteiger partial charge in [-0.3, -0.25) is 0 Å². The third kappa shape index (κ3) is 0.625. The van der Waals surface area contributed by atoms with Gasteiger partial charge in [0.05, 0.1) is 6.61 Å². The average Bonchev–Trinajstić information content (AvgIpc) is 2.17.